The number of carbonyl (C=O) groups excluding carboxylic acids is 1. The summed E-state index contributed by atoms with van der Waals surface area (Å²) in [6, 6.07) is 8.26. The Morgan fingerprint density at radius 1 is 1.18 bits per heavy atom. The molecule has 0 aliphatic heterocycles. The summed E-state index contributed by atoms with van der Waals surface area (Å²) in [5, 5.41) is 22.9. The molecule has 2 aromatic carbocycles. The zero-order valence-corrected chi connectivity index (χ0v) is 16.3. The highest BCUT2D eigenvalue weighted by molar-refractivity contribution is 5.95. The monoisotopic (exact) mass is 381 g/mol. The van der Waals surface area contributed by atoms with Crippen LogP contribution in [0.5, 0.6) is 11.5 Å². The fourth-order valence-electron chi connectivity index (χ4n) is 3.40. The standard InChI is InChI=1S/C22H23NO5/c1-11(2)15-7-5-6-12(3)21(15)23-19(26)10-16-13(4)20-17(25)8-14(24)9-18(20)28-22(16)27/h5-9,11,24-25H,10H2,1-4H3,(H,23,26). The predicted molar refractivity (Wildman–Crippen MR) is 108 cm³/mol. The van der Waals surface area contributed by atoms with Crippen LogP contribution < -0.4 is 10.9 Å². The minimum Gasteiger partial charge on any atom is -0.508 e. The first-order chi connectivity index (χ1) is 13.2. The maximum Gasteiger partial charge on any atom is 0.340 e. The number of phenolic OH excluding ortho intramolecular Hbond substituents is 2. The molecule has 3 aromatic rings. The van der Waals surface area contributed by atoms with E-state index in [0.29, 0.717) is 10.9 Å². The Labute approximate surface area is 162 Å². The van der Waals surface area contributed by atoms with Gasteiger partial charge in [0.05, 0.1) is 17.4 Å². The Morgan fingerprint density at radius 3 is 2.57 bits per heavy atom. The van der Waals surface area contributed by atoms with Gasteiger partial charge in [-0.1, -0.05) is 32.0 Å². The van der Waals surface area contributed by atoms with Gasteiger partial charge in [-0.15, -0.1) is 0 Å². The van der Waals surface area contributed by atoms with Crippen LogP contribution >= 0.6 is 0 Å². The van der Waals surface area contributed by atoms with Gasteiger partial charge in [0.1, 0.15) is 17.1 Å². The van der Waals surface area contributed by atoms with Crippen LogP contribution in [0, 0.1) is 13.8 Å². The number of fused-ring (bicyclic) bond motifs is 1. The van der Waals surface area contributed by atoms with Crippen molar-refractivity contribution in [3.63, 3.8) is 0 Å². The van der Waals surface area contributed by atoms with Gasteiger partial charge in [0, 0.05) is 17.8 Å². The third kappa shape index (κ3) is 3.58. The lowest BCUT2D eigenvalue weighted by molar-refractivity contribution is -0.115. The Bertz CT molecular complexity index is 1130. The van der Waals surface area contributed by atoms with Crippen molar-refractivity contribution in [3.8, 4) is 11.5 Å². The van der Waals surface area contributed by atoms with Gasteiger partial charge in [-0.05, 0) is 36.5 Å². The molecule has 0 saturated carbocycles. The van der Waals surface area contributed by atoms with E-state index in [4.69, 9.17) is 4.42 Å². The van der Waals surface area contributed by atoms with E-state index in [2.05, 4.69) is 5.32 Å². The van der Waals surface area contributed by atoms with Crippen molar-refractivity contribution < 1.29 is 19.4 Å². The number of nitrogens with one attached hydrogen (secondary N) is 1. The number of carbonyl (C=O) groups is 1. The van der Waals surface area contributed by atoms with Gasteiger partial charge in [0.15, 0.2) is 0 Å². The normalized spacial score (nSPS) is 11.2. The first-order valence-electron chi connectivity index (χ1n) is 9.06. The van der Waals surface area contributed by atoms with E-state index < -0.39 is 5.63 Å². The third-order valence-electron chi connectivity index (χ3n) is 4.87. The maximum absolute atomic E-state index is 12.7. The molecule has 0 saturated heterocycles. The molecule has 146 valence electrons. The van der Waals surface area contributed by atoms with Gasteiger partial charge in [-0.2, -0.15) is 0 Å². The van der Waals surface area contributed by atoms with Crippen LogP contribution in [-0.2, 0) is 11.2 Å². The first-order valence-corrected chi connectivity index (χ1v) is 9.06. The van der Waals surface area contributed by atoms with Crippen molar-refractivity contribution in [3.05, 3.63) is 63.0 Å². The number of para-hydroxylation sites is 1. The van der Waals surface area contributed by atoms with E-state index >= 15 is 0 Å². The molecule has 0 radical (unpaired) electrons. The zero-order chi connectivity index (χ0) is 20.6. The zero-order valence-electron chi connectivity index (χ0n) is 16.3. The van der Waals surface area contributed by atoms with E-state index in [1.54, 1.807) is 6.92 Å². The van der Waals surface area contributed by atoms with Crippen LogP contribution in [0.4, 0.5) is 5.69 Å². The largest absolute Gasteiger partial charge is 0.508 e. The number of phenols is 2. The summed E-state index contributed by atoms with van der Waals surface area (Å²) in [4.78, 5) is 25.1. The molecule has 1 aromatic heterocycles. The van der Waals surface area contributed by atoms with Crippen molar-refractivity contribution in [2.45, 2.75) is 40.0 Å². The molecular formula is C22H23NO5. The minimum atomic E-state index is -0.668. The number of aromatic hydroxyl groups is 2. The summed E-state index contributed by atoms with van der Waals surface area (Å²) >= 11 is 0. The Hall–Kier alpha value is -3.28. The summed E-state index contributed by atoms with van der Waals surface area (Å²) in [5.41, 5.74) is 2.74. The summed E-state index contributed by atoms with van der Waals surface area (Å²) in [6.07, 6.45) is -0.184. The van der Waals surface area contributed by atoms with Crippen molar-refractivity contribution in [1.82, 2.24) is 0 Å². The smallest absolute Gasteiger partial charge is 0.340 e. The minimum absolute atomic E-state index is 0.0742. The number of amides is 1. The first kappa shape index (κ1) is 19.5. The highest BCUT2D eigenvalue weighted by Gasteiger charge is 2.19. The van der Waals surface area contributed by atoms with Crippen molar-refractivity contribution in [2.24, 2.45) is 0 Å². The Kier molecular flexibility index (Phi) is 5.14. The molecule has 0 fully saturated rings. The molecule has 0 unspecified atom stereocenters. The number of rotatable bonds is 4. The second-order valence-corrected chi connectivity index (χ2v) is 7.25. The number of anilines is 1. The summed E-state index contributed by atoms with van der Waals surface area (Å²) in [7, 11) is 0. The number of benzene rings is 2. The molecule has 0 atom stereocenters. The Morgan fingerprint density at radius 2 is 1.89 bits per heavy atom. The average Bonchev–Trinajstić information content (AvgIpc) is 2.59. The van der Waals surface area contributed by atoms with Crippen LogP contribution in [0.25, 0.3) is 11.0 Å². The second kappa shape index (κ2) is 7.38. The van der Waals surface area contributed by atoms with Gasteiger partial charge in [0.2, 0.25) is 5.91 Å². The molecule has 1 amide bonds. The van der Waals surface area contributed by atoms with Gasteiger partial charge in [-0.3, -0.25) is 4.79 Å². The van der Waals surface area contributed by atoms with E-state index in [9.17, 15) is 19.8 Å². The highest BCUT2D eigenvalue weighted by Crippen LogP contribution is 2.33. The molecule has 1 heterocycles. The van der Waals surface area contributed by atoms with Crippen molar-refractivity contribution >= 4 is 22.6 Å². The SMILES string of the molecule is Cc1cccc(C(C)C)c1NC(=O)Cc1c(C)c2c(O)cc(O)cc2oc1=O. The quantitative estimate of drug-likeness (QED) is 0.590. The van der Waals surface area contributed by atoms with Crippen LogP contribution in [0.2, 0.25) is 0 Å². The number of aryl methyl sites for hydroxylation is 2. The van der Waals surface area contributed by atoms with E-state index in [-0.39, 0.29) is 40.9 Å². The second-order valence-electron chi connectivity index (χ2n) is 7.25. The third-order valence-corrected chi connectivity index (χ3v) is 4.87. The summed E-state index contributed by atoms with van der Waals surface area (Å²) in [5.74, 6) is -0.533. The fourth-order valence-corrected chi connectivity index (χ4v) is 3.40. The van der Waals surface area contributed by atoms with E-state index in [1.807, 2.05) is 39.0 Å². The van der Waals surface area contributed by atoms with Gasteiger partial charge < -0.3 is 19.9 Å². The molecule has 0 aliphatic rings. The van der Waals surface area contributed by atoms with Gasteiger partial charge in [-0.25, -0.2) is 4.79 Å². The topological polar surface area (TPSA) is 99.8 Å². The molecule has 0 aliphatic carbocycles. The molecule has 6 heteroatoms. The molecule has 6 nitrogen and oxygen atoms in total. The molecule has 3 rings (SSSR count). The van der Waals surface area contributed by atoms with Gasteiger partial charge >= 0.3 is 5.63 Å². The van der Waals surface area contributed by atoms with Crippen molar-refractivity contribution in [2.75, 3.05) is 5.32 Å². The average molecular weight is 381 g/mol. The van der Waals surface area contributed by atoms with Gasteiger partial charge in [0.25, 0.3) is 0 Å². The predicted octanol–water partition coefficient (Wildman–Crippen LogP) is 4.13. The van der Waals surface area contributed by atoms with Crippen LogP contribution in [0.15, 0.2) is 39.5 Å². The lowest BCUT2D eigenvalue weighted by atomic mass is 9.97. The van der Waals surface area contributed by atoms with Crippen LogP contribution in [0.3, 0.4) is 0 Å². The number of hydrogen-bond donors (Lipinski definition) is 3. The fraction of sp³-hybridized carbons (Fsp3) is 0.273. The van der Waals surface area contributed by atoms with Crippen LogP contribution in [0.1, 0.15) is 42.0 Å². The lowest BCUT2D eigenvalue weighted by Crippen LogP contribution is -2.21. The molecular weight excluding hydrogens is 358 g/mol. The summed E-state index contributed by atoms with van der Waals surface area (Å²) < 4.78 is 5.22. The van der Waals surface area contributed by atoms with E-state index in [1.165, 1.54) is 12.1 Å². The Balaban J connectivity index is 1.98. The summed E-state index contributed by atoms with van der Waals surface area (Å²) in [6.45, 7) is 7.66. The van der Waals surface area contributed by atoms with E-state index in [0.717, 1.165) is 16.8 Å². The number of hydrogen-bond acceptors (Lipinski definition) is 5. The lowest BCUT2D eigenvalue weighted by Gasteiger charge is -2.17. The maximum atomic E-state index is 12.7. The van der Waals surface area contributed by atoms with Crippen molar-refractivity contribution in [1.29, 1.82) is 0 Å². The van der Waals surface area contributed by atoms with Crippen LogP contribution in [-0.4, -0.2) is 16.1 Å². The molecule has 28 heavy (non-hydrogen) atoms. The molecule has 0 bridgehead atoms. The highest BCUT2D eigenvalue weighted by atomic mass is 16.4. The molecule has 0 spiro atoms. The molecule has 3 N–H and O–H groups in total.